The van der Waals surface area contributed by atoms with Gasteiger partial charge < -0.3 is 15.5 Å². The molecule has 2 N–H and O–H groups in total. The van der Waals surface area contributed by atoms with Crippen LogP contribution in [-0.4, -0.2) is 29.5 Å². The summed E-state index contributed by atoms with van der Waals surface area (Å²) in [5.41, 5.74) is 1.39. The molecular weight excluding hydrogens is 311 g/mol. The summed E-state index contributed by atoms with van der Waals surface area (Å²) >= 11 is 0. The van der Waals surface area contributed by atoms with E-state index in [9.17, 15) is 14.0 Å². The Morgan fingerprint density at radius 3 is 2.96 bits per heavy atom. The summed E-state index contributed by atoms with van der Waals surface area (Å²) in [4.78, 5) is 29.5. The van der Waals surface area contributed by atoms with E-state index in [1.807, 2.05) is 6.07 Å². The van der Waals surface area contributed by atoms with Crippen molar-refractivity contribution in [1.29, 1.82) is 0 Å². The molecule has 0 aliphatic carbocycles. The number of carbonyl (C=O) groups is 2. The maximum Gasteiger partial charge on any atom is 0.315 e. The molecule has 2 heterocycles. The van der Waals surface area contributed by atoms with Crippen LogP contribution in [0.25, 0.3) is 0 Å². The first-order valence-corrected chi connectivity index (χ1v) is 7.61. The van der Waals surface area contributed by atoms with Crippen LogP contribution in [0.2, 0.25) is 0 Å². The number of rotatable bonds is 4. The Labute approximate surface area is 138 Å². The summed E-state index contributed by atoms with van der Waals surface area (Å²) in [6.07, 6.45) is 3.52. The highest BCUT2D eigenvalue weighted by Gasteiger charge is 2.31. The number of nitrogens with one attached hydrogen (secondary N) is 2. The van der Waals surface area contributed by atoms with Gasteiger partial charge in [-0.3, -0.25) is 9.78 Å². The second kappa shape index (κ2) is 7.08. The van der Waals surface area contributed by atoms with E-state index in [-0.39, 0.29) is 24.4 Å². The number of anilines is 1. The Morgan fingerprint density at radius 2 is 2.21 bits per heavy atom. The van der Waals surface area contributed by atoms with Crippen LogP contribution in [0.1, 0.15) is 12.0 Å². The largest absolute Gasteiger partial charge is 0.334 e. The number of carbonyl (C=O) groups excluding carboxylic acids is 2. The molecule has 1 atom stereocenters. The molecular formula is C17H17FN4O2. The third-order valence-electron chi connectivity index (χ3n) is 3.76. The molecule has 1 aliphatic rings. The van der Waals surface area contributed by atoms with Crippen molar-refractivity contribution >= 4 is 17.6 Å². The van der Waals surface area contributed by atoms with Crippen LogP contribution in [-0.2, 0) is 11.3 Å². The molecule has 0 saturated carbocycles. The summed E-state index contributed by atoms with van der Waals surface area (Å²) in [7, 11) is 0. The topological polar surface area (TPSA) is 74.3 Å². The van der Waals surface area contributed by atoms with Crippen LogP contribution >= 0.6 is 0 Å². The lowest BCUT2D eigenvalue weighted by molar-refractivity contribution is -0.117. The highest BCUT2D eigenvalue weighted by atomic mass is 19.1. The molecule has 1 fully saturated rings. The summed E-state index contributed by atoms with van der Waals surface area (Å²) < 4.78 is 13.3. The fourth-order valence-electron chi connectivity index (χ4n) is 2.62. The summed E-state index contributed by atoms with van der Waals surface area (Å²) in [5.74, 6) is -0.538. The van der Waals surface area contributed by atoms with Crippen LogP contribution in [0.15, 0.2) is 48.8 Å². The molecule has 7 heteroatoms. The van der Waals surface area contributed by atoms with Crippen molar-refractivity contribution < 1.29 is 14.0 Å². The average molecular weight is 328 g/mol. The Kier molecular flexibility index (Phi) is 4.69. The Bertz CT molecular complexity index is 738. The number of aromatic nitrogens is 1. The minimum absolute atomic E-state index is 0.141. The van der Waals surface area contributed by atoms with Crippen LogP contribution in [0.4, 0.5) is 14.9 Å². The monoisotopic (exact) mass is 328 g/mol. The normalized spacial score (nSPS) is 17.0. The van der Waals surface area contributed by atoms with Crippen LogP contribution in [0.3, 0.4) is 0 Å². The van der Waals surface area contributed by atoms with Gasteiger partial charge in [0, 0.05) is 37.6 Å². The molecule has 3 amide bonds. The van der Waals surface area contributed by atoms with Gasteiger partial charge in [0.1, 0.15) is 5.82 Å². The van der Waals surface area contributed by atoms with Gasteiger partial charge in [0.25, 0.3) is 0 Å². The third-order valence-corrected chi connectivity index (χ3v) is 3.76. The van der Waals surface area contributed by atoms with Gasteiger partial charge in [-0.25, -0.2) is 9.18 Å². The van der Waals surface area contributed by atoms with Crippen molar-refractivity contribution in [3.05, 3.63) is 60.2 Å². The molecule has 0 spiro atoms. The third kappa shape index (κ3) is 3.87. The smallest absolute Gasteiger partial charge is 0.315 e. The highest BCUT2D eigenvalue weighted by Crippen LogP contribution is 2.22. The van der Waals surface area contributed by atoms with Crippen molar-refractivity contribution in [1.82, 2.24) is 15.6 Å². The predicted molar refractivity (Wildman–Crippen MR) is 86.8 cm³/mol. The van der Waals surface area contributed by atoms with E-state index in [0.717, 1.165) is 5.56 Å². The maximum atomic E-state index is 13.3. The number of urea groups is 1. The van der Waals surface area contributed by atoms with Gasteiger partial charge in [-0.15, -0.1) is 0 Å². The first kappa shape index (κ1) is 15.9. The Morgan fingerprint density at radius 1 is 1.33 bits per heavy atom. The molecule has 124 valence electrons. The average Bonchev–Trinajstić information content (AvgIpc) is 2.94. The fourth-order valence-corrected chi connectivity index (χ4v) is 2.62. The number of amides is 3. The van der Waals surface area contributed by atoms with Crippen LogP contribution in [0, 0.1) is 5.82 Å². The van der Waals surface area contributed by atoms with Crippen molar-refractivity contribution in [2.45, 2.75) is 19.0 Å². The molecule has 1 aromatic heterocycles. The summed E-state index contributed by atoms with van der Waals surface area (Å²) in [6.45, 7) is 0.677. The summed E-state index contributed by atoms with van der Waals surface area (Å²) in [5, 5.41) is 5.49. The van der Waals surface area contributed by atoms with Gasteiger partial charge >= 0.3 is 6.03 Å². The predicted octanol–water partition coefficient (Wildman–Crippen LogP) is 1.83. The van der Waals surface area contributed by atoms with E-state index < -0.39 is 5.82 Å². The zero-order valence-corrected chi connectivity index (χ0v) is 12.9. The molecule has 0 unspecified atom stereocenters. The standard InChI is InChI=1S/C17H17FN4O2/c18-13-4-1-5-15(7-13)22-11-14(8-16(22)23)21-17(24)20-10-12-3-2-6-19-9-12/h1-7,9,14H,8,10-11H2,(H2,20,21,24)/t14-/m0/s1. The minimum Gasteiger partial charge on any atom is -0.334 e. The molecule has 1 saturated heterocycles. The quantitative estimate of drug-likeness (QED) is 0.899. The molecule has 1 aromatic carbocycles. The zero-order valence-electron chi connectivity index (χ0n) is 12.9. The SMILES string of the molecule is O=C(NCc1cccnc1)N[C@H]1CC(=O)N(c2cccc(F)c2)C1. The van der Waals surface area contributed by atoms with Gasteiger partial charge in [-0.2, -0.15) is 0 Å². The molecule has 0 radical (unpaired) electrons. The second-order valence-electron chi connectivity index (χ2n) is 5.57. The van der Waals surface area contributed by atoms with Crippen LogP contribution in [0.5, 0.6) is 0 Å². The minimum atomic E-state index is -0.397. The van der Waals surface area contributed by atoms with Gasteiger partial charge in [0.15, 0.2) is 0 Å². The molecule has 1 aliphatic heterocycles. The van der Waals surface area contributed by atoms with Crippen molar-refractivity contribution in [3.8, 4) is 0 Å². The van der Waals surface area contributed by atoms with E-state index in [0.29, 0.717) is 18.8 Å². The van der Waals surface area contributed by atoms with Gasteiger partial charge in [-0.1, -0.05) is 12.1 Å². The number of halogens is 1. The lowest BCUT2D eigenvalue weighted by atomic mass is 10.2. The highest BCUT2D eigenvalue weighted by molar-refractivity contribution is 5.96. The summed E-state index contributed by atoms with van der Waals surface area (Å²) in [6, 6.07) is 8.85. The molecule has 2 aromatic rings. The lowest BCUT2D eigenvalue weighted by Crippen LogP contribution is -2.43. The van der Waals surface area contributed by atoms with Crippen LogP contribution < -0.4 is 15.5 Å². The molecule has 0 bridgehead atoms. The van der Waals surface area contributed by atoms with E-state index in [1.165, 1.54) is 17.0 Å². The Hall–Kier alpha value is -2.96. The number of benzene rings is 1. The van der Waals surface area contributed by atoms with Crippen molar-refractivity contribution in [2.24, 2.45) is 0 Å². The van der Waals surface area contributed by atoms with E-state index in [2.05, 4.69) is 15.6 Å². The van der Waals surface area contributed by atoms with E-state index in [1.54, 1.807) is 30.6 Å². The van der Waals surface area contributed by atoms with Crippen molar-refractivity contribution in [3.63, 3.8) is 0 Å². The van der Waals surface area contributed by atoms with E-state index >= 15 is 0 Å². The maximum absolute atomic E-state index is 13.3. The van der Waals surface area contributed by atoms with E-state index in [4.69, 9.17) is 0 Å². The molecule has 3 rings (SSSR count). The molecule has 6 nitrogen and oxygen atoms in total. The van der Waals surface area contributed by atoms with Gasteiger partial charge in [-0.05, 0) is 29.8 Å². The van der Waals surface area contributed by atoms with Gasteiger partial charge in [0.05, 0.1) is 6.04 Å². The first-order valence-electron chi connectivity index (χ1n) is 7.61. The van der Waals surface area contributed by atoms with Gasteiger partial charge in [0.2, 0.25) is 5.91 Å². The first-order chi connectivity index (χ1) is 11.6. The van der Waals surface area contributed by atoms with Crippen molar-refractivity contribution in [2.75, 3.05) is 11.4 Å². The molecule has 24 heavy (non-hydrogen) atoms. The second-order valence-corrected chi connectivity index (χ2v) is 5.57. The zero-order chi connectivity index (χ0) is 16.9. The lowest BCUT2D eigenvalue weighted by Gasteiger charge is -2.17. The number of pyridine rings is 1. The Balaban J connectivity index is 1.53. The number of hydrogen-bond acceptors (Lipinski definition) is 3. The number of nitrogens with zero attached hydrogens (tertiary/aromatic N) is 2. The fraction of sp³-hybridized carbons (Fsp3) is 0.235. The number of hydrogen-bond donors (Lipinski definition) is 2.